The van der Waals surface area contributed by atoms with Crippen molar-refractivity contribution in [2.75, 3.05) is 13.8 Å². The van der Waals surface area contributed by atoms with Crippen LogP contribution in [0.4, 0.5) is 4.39 Å². The van der Waals surface area contributed by atoms with E-state index in [9.17, 15) is 4.39 Å². The van der Waals surface area contributed by atoms with Crippen molar-refractivity contribution < 1.29 is 9.13 Å². The van der Waals surface area contributed by atoms with Crippen molar-refractivity contribution in [3.63, 3.8) is 0 Å². The van der Waals surface area contributed by atoms with E-state index in [2.05, 4.69) is 0 Å². The predicted molar refractivity (Wildman–Crippen MR) is 50.1 cm³/mol. The van der Waals surface area contributed by atoms with Crippen molar-refractivity contribution in [2.24, 2.45) is 5.73 Å². The van der Waals surface area contributed by atoms with Crippen LogP contribution < -0.4 is 5.73 Å². The molecule has 2 N–H and O–H groups in total. The molecule has 13 heavy (non-hydrogen) atoms. The van der Waals surface area contributed by atoms with Crippen molar-refractivity contribution in [3.05, 3.63) is 35.9 Å². The third-order valence-corrected chi connectivity index (χ3v) is 1.95. The summed E-state index contributed by atoms with van der Waals surface area (Å²) >= 11 is 0. The minimum atomic E-state index is -0.590. The average Bonchev–Trinajstić information content (AvgIpc) is 2.20. The Balaban J connectivity index is 2.78. The molecular weight excluding hydrogens is 169 g/mol. The highest BCUT2D eigenvalue weighted by Gasteiger charge is 2.18. The van der Waals surface area contributed by atoms with Gasteiger partial charge in [-0.05, 0) is 5.56 Å². The molecule has 0 aliphatic carbocycles. The average molecular weight is 183 g/mol. The van der Waals surface area contributed by atoms with Crippen LogP contribution in [0.5, 0.6) is 0 Å². The molecule has 0 aromatic heterocycles. The van der Waals surface area contributed by atoms with Gasteiger partial charge in [-0.1, -0.05) is 30.3 Å². The monoisotopic (exact) mass is 183 g/mol. The molecule has 0 saturated heterocycles. The Morgan fingerprint density at radius 2 is 2.00 bits per heavy atom. The normalized spacial score (nSPS) is 15.3. The van der Waals surface area contributed by atoms with Crippen molar-refractivity contribution in [3.8, 4) is 0 Å². The smallest absolute Gasteiger partial charge is 0.107 e. The Morgan fingerprint density at radius 1 is 1.38 bits per heavy atom. The Hall–Kier alpha value is -0.930. The summed E-state index contributed by atoms with van der Waals surface area (Å²) in [5, 5.41) is 0. The quantitative estimate of drug-likeness (QED) is 0.770. The number of hydrogen-bond acceptors (Lipinski definition) is 2. The SMILES string of the molecule is COC(c1ccccc1)C(N)CF. The second-order valence-electron chi connectivity index (χ2n) is 2.89. The van der Waals surface area contributed by atoms with E-state index in [1.807, 2.05) is 30.3 Å². The third kappa shape index (κ3) is 2.50. The summed E-state index contributed by atoms with van der Waals surface area (Å²) in [6, 6.07) is 8.83. The Labute approximate surface area is 77.5 Å². The van der Waals surface area contributed by atoms with Crippen LogP contribution in [-0.2, 0) is 4.74 Å². The standard InChI is InChI=1S/C10H14FNO/c1-13-10(9(12)7-11)8-5-3-2-4-6-8/h2-6,9-10H,7,12H2,1H3. The van der Waals surface area contributed by atoms with Crippen molar-refractivity contribution >= 4 is 0 Å². The van der Waals surface area contributed by atoms with Crippen LogP contribution >= 0.6 is 0 Å². The van der Waals surface area contributed by atoms with Crippen LogP contribution in [-0.4, -0.2) is 19.8 Å². The molecule has 2 nitrogen and oxygen atoms in total. The van der Waals surface area contributed by atoms with Gasteiger partial charge in [0.1, 0.15) is 6.67 Å². The van der Waals surface area contributed by atoms with Crippen LogP contribution in [0, 0.1) is 0 Å². The molecule has 72 valence electrons. The topological polar surface area (TPSA) is 35.2 Å². The number of hydrogen-bond donors (Lipinski definition) is 1. The van der Waals surface area contributed by atoms with E-state index in [1.54, 1.807) is 0 Å². The van der Waals surface area contributed by atoms with E-state index in [4.69, 9.17) is 10.5 Å². The number of methoxy groups -OCH3 is 1. The van der Waals surface area contributed by atoms with Crippen LogP contribution in [0.2, 0.25) is 0 Å². The predicted octanol–water partition coefficient (Wildman–Crippen LogP) is 1.67. The molecule has 3 heteroatoms. The number of halogens is 1. The minimum absolute atomic E-state index is 0.355. The van der Waals surface area contributed by atoms with Gasteiger partial charge < -0.3 is 10.5 Å². The van der Waals surface area contributed by atoms with Gasteiger partial charge in [-0.2, -0.15) is 0 Å². The zero-order valence-electron chi connectivity index (χ0n) is 7.61. The van der Waals surface area contributed by atoms with Gasteiger partial charge in [0.05, 0.1) is 12.1 Å². The molecule has 0 heterocycles. The van der Waals surface area contributed by atoms with E-state index >= 15 is 0 Å². The van der Waals surface area contributed by atoms with Gasteiger partial charge in [-0.15, -0.1) is 0 Å². The van der Waals surface area contributed by atoms with Crippen molar-refractivity contribution in [2.45, 2.75) is 12.1 Å². The lowest BCUT2D eigenvalue weighted by Gasteiger charge is -2.20. The second kappa shape index (κ2) is 4.94. The highest BCUT2D eigenvalue weighted by Crippen LogP contribution is 2.19. The number of ether oxygens (including phenoxy) is 1. The summed E-state index contributed by atoms with van der Waals surface area (Å²) in [7, 11) is 1.53. The van der Waals surface area contributed by atoms with Crippen molar-refractivity contribution in [1.29, 1.82) is 0 Å². The molecule has 2 unspecified atom stereocenters. The molecule has 0 saturated carbocycles. The van der Waals surface area contributed by atoms with Gasteiger partial charge in [0.2, 0.25) is 0 Å². The van der Waals surface area contributed by atoms with E-state index in [0.717, 1.165) is 5.56 Å². The molecule has 0 aliphatic heterocycles. The molecule has 0 aliphatic rings. The van der Waals surface area contributed by atoms with Gasteiger partial charge in [0.25, 0.3) is 0 Å². The van der Waals surface area contributed by atoms with Crippen LogP contribution in [0.25, 0.3) is 0 Å². The summed E-state index contributed by atoms with van der Waals surface area (Å²) < 4.78 is 17.4. The first-order valence-electron chi connectivity index (χ1n) is 4.19. The Kier molecular flexibility index (Phi) is 3.86. The highest BCUT2D eigenvalue weighted by atomic mass is 19.1. The lowest BCUT2D eigenvalue weighted by Crippen LogP contribution is -2.31. The first-order chi connectivity index (χ1) is 6.29. The maximum absolute atomic E-state index is 12.3. The molecule has 0 radical (unpaired) electrons. The zero-order valence-corrected chi connectivity index (χ0v) is 7.61. The van der Waals surface area contributed by atoms with E-state index in [1.165, 1.54) is 7.11 Å². The van der Waals surface area contributed by atoms with Crippen LogP contribution in [0.3, 0.4) is 0 Å². The molecule has 2 atom stereocenters. The highest BCUT2D eigenvalue weighted by molar-refractivity contribution is 5.19. The fourth-order valence-electron chi connectivity index (χ4n) is 1.28. The molecule has 0 spiro atoms. The lowest BCUT2D eigenvalue weighted by molar-refractivity contribution is 0.0721. The fourth-order valence-corrected chi connectivity index (χ4v) is 1.28. The number of nitrogens with two attached hydrogens (primary N) is 1. The molecule has 1 aromatic rings. The molecule has 1 aromatic carbocycles. The summed E-state index contributed by atoms with van der Waals surface area (Å²) in [6.45, 7) is -0.576. The second-order valence-corrected chi connectivity index (χ2v) is 2.89. The van der Waals surface area contributed by atoms with E-state index in [-0.39, 0.29) is 6.10 Å². The number of rotatable bonds is 4. The van der Waals surface area contributed by atoms with Gasteiger partial charge in [-0.25, -0.2) is 4.39 Å². The largest absolute Gasteiger partial charge is 0.375 e. The maximum Gasteiger partial charge on any atom is 0.107 e. The fraction of sp³-hybridized carbons (Fsp3) is 0.400. The summed E-state index contributed by atoms with van der Waals surface area (Å²) in [5.74, 6) is 0. The zero-order chi connectivity index (χ0) is 9.68. The van der Waals surface area contributed by atoms with Gasteiger partial charge in [-0.3, -0.25) is 0 Å². The van der Waals surface area contributed by atoms with Crippen molar-refractivity contribution in [1.82, 2.24) is 0 Å². The Morgan fingerprint density at radius 3 is 2.46 bits per heavy atom. The summed E-state index contributed by atoms with van der Waals surface area (Å²) in [5.41, 5.74) is 6.47. The minimum Gasteiger partial charge on any atom is -0.375 e. The van der Waals surface area contributed by atoms with Gasteiger partial charge in [0, 0.05) is 7.11 Å². The van der Waals surface area contributed by atoms with Crippen LogP contribution in [0.1, 0.15) is 11.7 Å². The van der Waals surface area contributed by atoms with E-state index in [0.29, 0.717) is 0 Å². The number of benzene rings is 1. The maximum atomic E-state index is 12.3. The molecule has 0 bridgehead atoms. The molecule has 1 rings (SSSR count). The summed E-state index contributed by atoms with van der Waals surface area (Å²) in [6.07, 6.45) is -0.355. The first-order valence-corrected chi connectivity index (χ1v) is 4.19. The number of alkyl halides is 1. The molecule has 0 fully saturated rings. The third-order valence-electron chi connectivity index (χ3n) is 1.95. The van der Waals surface area contributed by atoms with Gasteiger partial charge in [0.15, 0.2) is 0 Å². The first kappa shape index (κ1) is 10.2. The van der Waals surface area contributed by atoms with Gasteiger partial charge >= 0.3 is 0 Å². The molecular formula is C10H14FNO. The van der Waals surface area contributed by atoms with E-state index < -0.39 is 12.7 Å². The molecule has 0 amide bonds. The van der Waals surface area contributed by atoms with Crippen LogP contribution in [0.15, 0.2) is 30.3 Å². The lowest BCUT2D eigenvalue weighted by atomic mass is 10.0. The Bertz CT molecular complexity index is 240. The summed E-state index contributed by atoms with van der Waals surface area (Å²) in [4.78, 5) is 0.